The maximum Gasteiger partial charge on any atom is 0.370 e. The number of ether oxygens (including phenoxy) is 1. The lowest BCUT2D eigenvalue weighted by molar-refractivity contribution is -0.143. The van der Waals surface area contributed by atoms with Crippen molar-refractivity contribution in [1.29, 1.82) is 0 Å². The van der Waals surface area contributed by atoms with Crippen LogP contribution in [-0.2, 0) is 23.1 Å². The van der Waals surface area contributed by atoms with Gasteiger partial charge in [-0.1, -0.05) is 32.1 Å². The van der Waals surface area contributed by atoms with Crippen LogP contribution < -0.4 is 0 Å². The molecule has 0 amide bonds. The molecule has 22 heavy (non-hydrogen) atoms. The fourth-order valence-corrected chi connectivity index (χ4v) is 4.78. The topological polar surface area (TPSA) is 61.8 Å². The Morgan fingerprint density at radius 1 is 1.18 bits per heavy atom. The summed E-state index contributed by atoms with van der Waals surface area (Å²) in [6.45, 7) is 3.98. The lowest BCUT2D eigenvalue weighted by Gasteiger charge is -2.28. The molecule has 0 heterocycles. The molecule has 1 saturated carbocycles. The van der Waals surface area contributed by atoms with E-state index in [-0.39, 0.29) is 19.1 Å². The third-order valence-corrected chi connectivity index (χ3v) is 6.42. The summed E-state index contributed by atoms with van der Waals surface area (Å²) in [4.78, 5) is 11.5. The van der Waals surface area contributed by atoms with Crippen molar-refractivity contribution in [3.8, 4) is 0 Å². The Hall–Kier alpha value is -0.0900. The summed E-state index contributed by atoms with van der Waals surface area (Å²) in [5, 5.41) is 0. The average Bonchev–Trinajstić information content (AvgIpc) is 2.52. The third-order valence-electron chi connectivity index (χ3n) is 3.89. The van der Waals surface area contributed by atoms with Crippen LogP contribution in [0.5, 0.6) is 0 Å². The van der Waals surface area contributed by atoms with Crippen LogP contribution in [0.15, 0.2) is 0 Å². The molecule has 1 aliphatic carbocycles. The Morgan fingerprint density at radius 3 is 2.27 bits per heavy atom. The van der Waals surface area contributed by atoms with E-state index < -0.39 is 19.4 Å². The minimum Gasteiger partial charge on any atom is -0.448 e. The van der Waals surface area contributed by atoms with Gasteiger partial charge in [-0.3, -0.25) is 9.36 Å². The quantitative estimate of drug-likeness (QED) is 0.322. The number of hydrogen-bond donors (Lipinski definition) is 0. The van der Waals surface area contributed by atoms with E-state index in [2.05, 4.69) is 0 Å². The molecule has 0 N–H and O–H groups in total. The lowest BCUT2D eigenvalue weighted by atomic mass is 9.86. The first kappa shape index (κ1) is 20.0. The van der Waals surface area contributed by atoms with Crippen molar-refractivity contribution in [3.05, 3.63) is 0 Å². The molecular formula is C15H28ClO5P. The molecule has 5 nitrogen and oxygen atoms in total. The SMILES string of the molecule is CCOP(=O)(OCC)C(CCC1CCCCC1)OC(=O)CCl. The van der Waals surface area contributed by atoms with Crippen molar-refractivity contribution in [2.45, 2.75) is 64.6 Å². The predicted molar refractivity (Wildman–Crippen MR) is 87.3 cm³/mol. The van der Waals surface area contributed by atoms with Crippen LogP contribution in [0.25, 0.3) is 0 Å². The number of carbonyl (C=O) groups excluding carboxylic acids is 1. The zero-order valence-corrected chi connectivity index (χ0v) is 15.2. The van der Waals surface area contributed by atoms with E-state index in [0.717, 1.165) is 6.42 Å². The van der Waals surface area contributed by atoms with Crippen LogP contribution in [-0.4, -0.2) is 30.9 Å². The molecule has 130 valence electrons. The summed E-state index contributed by atoms with van der Waals surface area (Å²) < 4.78 is 28.8. The van der Waals surface area contributed by atoms with E-state index in [1.54, 1.807) is 13.8 Å². The number of hydrogen-bond acceptors (Lipinski definition) is 5. The molecule has 1 atom stereocenters. The van der Waals surface area contributed by atoms with Crippen LogP contribution in [0.3, 0.4) is 0 Å². The van der Waals surface area contributed by atoms with Gasteiger partial charge in [-0.15, -0.1) is 11.6 Å². The van der Waals surface area contributed by atoms with Gasteiger partial charge in [0.1, 0.15) is 5.88 Å². The Labute approximate surface area is 138 Å². The second kappa shape index (κ2) is 10.6. The smallest absolute Gasteiger partial charge is 0.370 e. The summed E-state index contributed by atoms with van der Waals surface area (Å²) in [6.07, 6.45) is 7.50. The maximum atomic E-state index is 12.9. The molecule has 0 radical (unpaired) electrons. The first-order valence-corrected chi connectivity index (χ1v) is 10.3. The molecule has 7 heteroatoms. The summed E-state index contributed by atoms with van der Waals surface area (Å²) in [5.41, 5.74) is 0. The van der Waals surface area contributed by atoms with Gasteiger partial charge in [0.2, 0.25) is 5.85 Å². The van der Waals surface area contributed by atoms with Gasteiger partial charge in [-0.05, 0) is 32.6 Å². The standard InChI is InChI=1S/C15H28ClO5P/c1-3-19-22(18,20-4-2)15(21-14(17)12-16)11-10-13-8-6-5-7-9-13/h13,15H,3-12H2,1-2H3. The van der Waals surface area contributed by atoms with Crippen LogP contribution in [0, 0.1) is 5.92 Å². The first-order chi connectivity index (χ1) is 10.6. The molecule has 0 bridgehead atoms. The van der Waals surface area contributed by atoms with Crippen molar-refractivity contribution < 1.29 is 23.1 Å². The van der Waals surface area contributed by atoms with Crippen LogP contribution in [0.1, 0.15) is 58.8 Å². The van der Waals surface area contributed by atoms with Crippen molar-refractivity contribution >= 4 is 25.2 Å². The zero-order chi connectivity index (χ0) is 16.4. The number of esters is 1. The zero-order valence-electron chi connectivity index (χ0n) is 13.6. The highest BCUT2D eigenvalue weighted by Gasteiger charge is 2.38. The minimum absolute atomic E-state index is 0.246. The van der Waals surface area contributed by atoms with E-state index >= 15 is 0 Å². The summed E-state index contributed by atoms with van der Waals surface area (Å²) in [5.74, 6) is -1.11. The number of rotatable bonds is 10. The second-order valence-electron chi connectivity index (χ2n) is 5.53. The van der Waals surface area contributed by atoms with E-state index in [1.165, 1.54) is 32.1 Å². The van der Waals surface area contributed by atoms with Crippen LogP contribution >= 0.6 is 19.2 Å². The van der Waals surface area contributed by atoms with Gasteiger partial charge in [0, 0.05) is 0 Å². The number of halogens is 1. The van der Waals surface area contributed by atoms with Crippen molar-refractivity contribution in [1.82, 2.24) is 0 Å². The second-order valence-corrected chi connectivity index (χ2v) is 7.97. The van der Waals surface area contributed by atoms with Gasteiger partial charge >= 0.3 is 13.6 Å². The molecule has 0 aromatic heterocycles. The fraction of sp³-hybridized carbons (Fsp3) is 0.933. The molecular weight excluding hydrogens is 327 g/mol. The van der Waals surface area contributed by atoms with Crippen molar-refractivity contribution in [3.63, 3.8) is 0 Å². The predicted octanol–water partition coefficient (Wildman–Crippen LogP) is 4.72. The average molecular weight is 355 g/mol. The van der Waals surface area contributed by atoms with Gasteiger partial charge in [0.15, 0.2) is 0 Å². The maximum absolute atomic E-state index is 12.9. The van der Waals surface area contributed by atoms with E-state index in [1.807, 2.05) is 0 Å². The van der Waals surface area contributed by atoms with Gasteiger partial charge in [0.25, 0.3) is 0 Å². The Balaban J connectivity index is 2.71. The molecule has 1 rings (SSSR count). The number of carbonyl (C=O) groups is 1. The Kier molecular flexibility index (Phi) is 9.65. The molecule has 0 aliphatic heterocycles. The van der Waals surface area contributed by atoms with Gasteiger partial charge in [-0.2, -0.15) is 0 Å². The largest absolute Gasteiger partial charge is 0.448 e. The molecule has 0 saturated heterocycles. The lowest BCUT2D eigenvalue weighted by Crippen LogP contribution is -2.23. The van der Waals surface area contributed by atoms with Gasteiger partial charge in [0.05, 0.1) is 13.2 Å². The van der Waals surface area contributed by atoms with Crippen molar-refractivity contribution in [2.24, 2.45) is 5.92 Å². The Bertz CT molecular complexity index is 361. The molecule has 0 spiro atoms. The van der Waals surface area contributed by atoms with E-state index in [0.29, 0.717) is 12.3 Å². The summed E-state index contributed by atoms with van der Waals surface area (Å²) in [7, 11) is -3.47. The highest BCUT2D eigenvalue weighted by molar-refractivity contribution is 7.54. The van der Waals surface area contributed by atoms with E-state index in [9.17, 15) is 9.36 Å². The monoisotopic (exact) mass is 354 g/mol. The van der Waals surface area contributed by atoms with Crippen molar-refractivity contribution in [2.75, 3.05) is 19.1 Å². The van der Waals surface area contributed by atoms with Crippen LogP contribution in [0.2, 0.25) is 0 Å². The molecule has 1 unspecified atom stereocenters. The fourth-order valence-electron chi connectivity index (χ4n) is 2.88. The summed E-state index contributed by atoms with van der Waals surface area (Å²) >= 11 is 5.50. The van der Waals surface area contributed by atoms with Crippen LogP contribution in [0.4, 0.5) is 0 Å². The highest BCUT2D eigenvalue weighted by atomic mass is 35.5. The summed E-state index contributed by atoms with van der Waals surface area (Å²) in [6, 6.07) is 0. The van der Waals surface area contributed by atoms with Gasteiger partial charge in [-0.25, -0.2) is 0 Å². The minimum atomic E-state index is -3.47. The van der Waals surface area contributed by atoms with E-state index in [4.69, 9.17) is 25.4 Å². The highest BCUT2D eigenvalue weighted by Crippen LogP contribution is 2.55. The third kappa shape index (κ3) is 6.57. The Morgan fingerprint density at radius 2 is 1.77 bits per heavy atom. The normalized spacial score (nSPS) is 18.1. The molecule has 0 aromatic carbocycles. The molecule has 1 aliphatic rings. The first-order valence-electron chi connectivity index (χ1n) is 8.20. The molecule has 0 aromatic rings. The van der Waals surface area contributed by atoms with Gasteiger partial charge < -0.3 is 13.8 Å². The molecule has 1 fully saturated rings. The number of alkyl halides is 1.